The molecular weight excluding hydrogens is 1330 g/mol. The second-order valence-corrected chi connectivity index (χ2v) is 27.4. The fraction of sp³-hybridized carbons (Fsp3) is 0.587. The Balaban J connectivity index is 0.00000298. The molecule has 1 aliphatic heterocycles. The number of alkyl halides is 3. The van der Waals surface area contributed by atoms with E-state index in [2.05, 4.69) is 68.3 Å². The number of Topliss-reactive ketones (excluding diaryl/α,β-unsaturated/α-hetero) is 4. The molecule has 0 bridgehead atoms. The number of benzene rings is 3. The average molecular weight is 1430 g/mol. The molecule has 0 aromatic heterocycles. The number of ketones is 4. The minimum Gasteiger partial charge on any atom is -0.475 e. The fourth-order valence-electron chi connectivity index (χ4n) is 11.8. The van der Waals surface area contributed by atoms with E-state index in [-0.39, 0.29) is 24.7 Å². The van der Waals surface area contributed by atoms with Crippen LogP contribution in [0.25, 0.3) is 22.3 Å². The highest BCUT2D eigenvalue weighted by Gasteiger charge is 2.53. The maximum atomic E-state index is 14.6. The van der Waals surface area contributed by atoms with Gasteiger partial charge in [0.15, 0.2) is 23.1 Å². The molecule has 0 radical (unpaired) electrons. The summed E-state index contributed by atoms with van der Waals surface area (Å²) >= 11 is 0. The molecule has 1 saturated heterocycles. The van der Waals surface area contributed by atoms with Crippen molar-refractivity contribution < 1.29 is 95.6 Å². The molecule has 1 saturated carbocycles. The van der Waals surface area contributed by atoms with Gasteiger partial charge in [-0.2, -0.15) is 13.2 Å². The first-order chi connectivity index (χ1) is 48.0. The summed E-state index contributed by atoms with van der Waals surface area (Å²) < 4.78 is 37.5. The summed E-state index contributed by atoms with van der Waals surface area (Å²) in [6.45, 7) is 17.1. The van der Waals surface area contributed by atoms with Gasteiger partial charge in [-0.1, -0.05) is 174 Å². The van der Waals surface area contributed by atoms with Gasteiger partial charge in [0, 0.05) is 49.9 Å². The van der Waals surface area contributed by atoms with Gasteiger partial charge in [-0.05, 0) is 90.5 Å². The van der Waals surface area contributed by atoms with Gasteiger partial charge >= 0.3 is 18.1 Å². The number of amides is 7. The summed E-state index contributed by atoms with van der Waals surface area (Å²) in [5.74, 6) is -18.5. The van der Waals surface area contributed by atoms with Gasteiger partial charge in [-0.3, -0.25) is 52.7 Å². The highest BCUT2D eigenvalue weighted by Crippen LogP contribution is 2.37. The number of carboxylic acid groups (broad SMARTS) is 1. The summed E-state index contributed by atoms with van der Waals surface area (Å²) in [4.78, 5) is 176. The number of ether oxygens (including phenoxy) is 1. The van der Waals surface area contributed by atoms with Crippen molar-refractivity contribution in [3.05, 3.63) is 84.4 Å². The third-order valence-electron chi connectivity index (χ3n) is 19.8. The zero-order chi connectivity index (χ0) is 76.5. The number of hydrogen-bond acceptors (Lipinski definition) is 16. The molecule has 3 aromatic carbocycles. The van der Waals surface area contributed by atoms with Crippen LogP contribution < -0.4 is 37.6 Å². The molecule has 24 nitrogen and oxygen atoms in total. The number of nitrogens with two attached hydrogens (primary N) is 1. The number of carbonyl (C=O) groups is 13. The number of halogens is 3. The fourth-order valence-corrected chi connectivity index (χ4v) is 11.8. The van der Waals surface area contributed by atoms with E-state index in [9.17, 15) is 80.9 Å². The lowest BCUT2D eigenvalue weighted by Gasteiger charge is -2.30. The van der Waals surface area contributed by atoms with Crippen LogP contribution in [0.5, 0.6) is 0 Å². The van der Waals surface area contributed by atoms with E-state index in [0.717, 1.165) is 27.8 Å². The highest BCUT2D eigenvalue weighted by molar-refractivity contribution is 6.01. The van der Waals surface area contributed by atoms with Crippen molar-refractivity contribution in [1.29, 1.82) is 0 Å². The van der Waals surface area contributed by atoms with Gasteiger partial charge in [0.1, 0.15) is 23.7 Å². The topological polar surface area (TPSA) is 390 Å². The Kier molecular flexibility index (Phi) is 33.8. The largest absolute Gasteiger partial charge is 0.490 e. The van der Waals surface area contributed by atoms with Crippen LogP contribution >= 0.6 is 0 Å². The Hall–Kier alpha value is -8.72. The number of aliphatic hydroxyl groups is 2. The summed E-state index contributed by atoms with van der Waals surface area (Å²) in [7, 11) is 0. The zero-order valence-electron chi connectivity index (χ0n) is 60.2. The number of nitrogens with one attached hydrogen (secondary N) is 6. The molecule has 562 valence electrons. The lowest BCUT2D eigenvalue weighted by atomic mass is 9.83. The molecule has 3 aromatic rings. The molecule has 2 fully saturated rings. The number of aliphatic carboxylic acids is 1. The molecule has 15 atom stereocenters. The molecule has 11 N–H and O–H groups in total. The highest BCUT2D eigenvalue weighted by atomic mass is 19.4. The van der Waals surface area contributed by atoms with Gasteiger partial charge in [0.05, 0.1) is 43.2 Å². The van der Waals surface area contributed by atoms with Crippen LogP contribution in [-0.2, 0) is 73.5 Å². The standard InChI is InChI=1S/C73H103N7O15.C2HF3O2/c1-12-41(6)55(70(92)77-63(43(8)14-3)60(86)37-54(40-82)69(91)78-65-46(11)95-71(93)64(44(9)15-4)79-72(94)73(32-33-73)80-66(88)45(10)34-58(65)84)38-57(83)56(30-31-61(74)87)75-68(90)53(39-81)36-59(85)62(42(7)13-2)76-67(89)48(16-5)35-47-22-24-50(25-23-47)52-28-26-51(27-29-52)49-20-18-17-19-21-49;3-2(4,5)1(6)7/h17-29,41-46,48,53-56,62-65,81-82H,12-16,30-40H2,1-11H3,(H2,74,87)(H,75,90)(H,76,89)(H,77,92)(H,78,91)(H,79,94)(H,80,88);(H,6,7)/t41-,42-,43-,44-,45+,46-,48+,53-,54-,55+,56+,62-,63-,64-,65+;/m0./s1. The van der Waals surface area contributed by atoms with Gasteiger partial charge in [-0.15, -0.1) is 0 Å². The van der Waals surface area contributed by atoms with Crippen molar-refractivity contribution in [3.8, 4) is 22.3 Å². The maximum Gasteiger partial charge on any atom is 0.490 e. The number of aliphatic hydroxyl groups excluding tert-OH is 2. The lowest BCUT2D eigenvalue weighted by molar-refractivity contribution is -0.192. The Morgan fingerprint density at radius 3 is 1.54 bits per heavy atom. The molecule has 102 heavy (non-hydrogen) atoms. The van der Waals surface area contributed by atoms with Crippen LogP contribution in [0.2, 0.25) is 0 Å². The molecule has 1 spiro atoms. The van der Waals surface area contributed by atoms with Crippen molar-refractivity contribution >= 4 is 76.4 Å². The first-order valence-electron chi connectivity index (χ1n) is 35.2. The van der Waals surface area contributed by atoms with Gasteiger partial charge in [0.2, 0.25) is 41.4 Å². The smallest absolute Gasteiger partial charge is 0.475 e. The van der Waals surface area contributed by atoms with Crippen molar-refractivity contribution in [2.45, 2.75) is 214 Å². The van der Waals surface area contributed by atoms with E-state index in [0.29, 0.717) is 51.4 Å². The predicted octanol–water partition coefficient (Wildman–Crippen LogP) is 7.00. The van der Waals surface area contributed by atoms with Crippen molar-refractivity contribution in [2.24, 2.45) is 59.0 Å². The van der Waals surface area contributed by atoms with Crippen LogP contribution in [0, 0.1) is 53.3 Å². The van der Waals surface area contributed by atoms with Crippen molar-refractivity contribution in [2.75, 3.05) is 13.2 Å². The lowest BCUT2D eigenvalue weighted by Crippen LogP contribution is -2.56. The molecule has 7 amide bonds. The van der Waals surface area contributed by atoms with Crippen LogP contribution in [0.3, 0.4) is 0 Å². The summed E-state index contributed by atoms with van der Waals surface area (Å²) in [5.41, 5.74) is 9.48. The average Bonchev–Trinajstić information content (AvgIpc) is 1.63. The van der Waals surface area contributed by atoms with Crippen LogP contribution in [0.15, 0.2) is 78.9 Å². The number of esters is 1. The van der Waals surface area contributed by atoms with Gasteiger partial charge < -0.3 is 57.7 Å². The Bertz CT molecular complexity index is 3390. The Labute approximate surface area is 594 Å². The summed E-state index contributed by atoms with van der Waals surface area (Å²) in [5, 5.41) is 44.8. The van der Waals surface area contributed by atoms with Gasteiger partial charge in [0.25, 0.3) is 0 Å². The number of primary amides is 1. The molecule has 5 rings (SSSR count). The number of cyclic esters (lactones) is 1. The monoisotopic (exact) mass is 1430 g/mol. The van der Waals surface area contributed by atoms with Crippen LogP contribution in [0.4, 0.5) is 13.2 Å². The third-order valence-corrected chi connectivity index (χ3v) is 19.8. The third kappa shape index (κ3) is 25.1. The van der Waals surface area contributed by atoms with Gasteiger partial charge in [-0.25, -0.2) is 9.59 Å². The maximum absolute atomic E-state index is 14.6. The number of carboxylic acids is 1. The number of carbonyl (C=O) groups excluding carboxylic acids is 12. The normalized spacial score (nSPS) is 20.2. The van der Waals surface area contributed by atoms with Crippen LogP contribution in [-0.4, -0.2) is 153 Å². The van der Waals surface area contributed by atoms with E-state index in [1.165, 1.54) is 13.8 Å². The molecule has 0 unspecified atom stereocenters. The van der Waals surface area contributed by atoms with E-state index in [1.54, 1.807) is 48.5 Å². The first-order valence-corrected chi connectivity index (χ1v) is 35.2. The second kappa shape index (κ2) is 40.2. The number of hydrogen-bond donors (Lipinski definition) is 10. The minimum absolute atomic E-state index is 0.298. The van der Waals surface area contributed by atoms with E-state index in [4.69, 9.17) is 20.4 Å². The van der Waals surface area contributed by atoms with Crippen LogP contribution in [0.1, 0.15) is 165 Å². The Morgan fingerprint density at radius 1 is 0.618 bits per heavy atom. The summed E-state index contributed by atoms with van der Waals surface area (Å²) in [6.07, 6.45) is -6.09. The quantitative estimate of drug-likeness (QED) is 0.0265. The SMILES string of the molecule is CC[C@H](Cc1ccc(-c2ccc(-c3ccccc3)cc2)cc1)C(=O)N[C@H](C(=O)C[C@@H](CO)C(=O)N[C@H](CCC(N)=O)C(=O)C[C@@H](C(=O)N[C@H](C(=O)C[C@@H](CO)C(=O)N[C@H]1C(=O)C[C@@H](C)C(=O)NC2(CC2)C(=O)N[C@@H]([C@@H](C)CC)C(=O)O[C@H]1C)[C@@H](C)CC)[C@@H](C)CC)[C@@H](C)CC.O=C(O)C(F)(F)F. The second-order valence-electron chi connectivity index (χ2n) is 27.4. The molecule has 1 aliphatic carbocycles. The molecular formula is C75H104F3N7O17. The predicted molar refractivity (Wildman–Crippen MR) is 372 cm³/mol. The molecule has 27 heteroatoms. The Morgan fingerprint density at radius 2 is 1.09 bits per heavy atom. The molecule has 1 heterocycles. The first kappa shape index (κ1) is 85.7. The van der Waals surface area contributed by atoms with Crippen molar-refractivity contribution in [3.63, 3.8) is 0 Å². The van der Waals surface area contributed by atoms with E-state index >= 15 is 0 Å². The van der Waals surface area contributed by atoms with Crippen molar-refractivity contribution in [1.82, 2.24) is 31.9 Å². The van der Waals surface area contributed by atoms with E-state index < -0.39 is 205 Å². The number of rotatable bonds is 35. The summed E-state index contributed by atoms with van der Waals surface area (Å²) in [6, 6.07) is 19.9. The zero-order valence-corrected chi connectivity index (χ0v) is 60.2. The molecule has 2 aliphatic rings. The van der Waals surface area contributed by atoms with E-state index in [1.807, 2.05) is 56.3 Å². The minimum atomic E-state index is -5.08.